The predicted octanol–water partition coefficient (Wildman–Crippen LogP) is -2.19. The molecule has 0 aromatic rings. The Morgan fingerprint density at radius 2 is 1.07 bits per heavy atom. The molecular weight excluding hydrogens is 239 g/mol. The van der Waals surface area contributed by atoms with Gasteiger partial charge in [0.25, 0.3) is 0 Å². The molecule has 0 aliphatic rings. The molecule has 0 unspecified atom stereocenters. The van der Waals surface area contributed by atoms with Crippen molar-refractivity contribution in [2.75, 3.05) is 25.4 Å². The van der Waals surface area contributed by atoms with Crippen LogP contribution < -0.4 is 0 Å². The second-order valence-corrected chi connectivity index (χ2v) is 7.01. The van der Waals surface area contributed by atoms with Gasteiger partial charge in [-0.25, -0.2) is 8.42 Å². The minimum atomic E-state index is -4.92. The van der Waals surface area contributed by atoms with E-state index < -0.39 is 17.7 Å². The predicted molar refractivity (Wildman–Crippen MR) is 47.6 cm³/mol. The van der Waals surface area contributed by atoms with Crippen molar-refractivity contribution in [1.29, 1.82) is 0 Å². The third kappa shape index (κ3) is 10.2. The number of hydrogen-bond donors (Lipinski definition) is 5. The van der Waals surface area contributed by atoms with Gasteiger partial charge in [0.05, 0.1) is 0 Å². The van der Waals surface area contributed by atoms with Crippen LogP contribution in [0.15, 0.2) is 0 Å². The van der Waals surface area contributed by atoms with Gasteiger partial charge in [-0.15, -0.1) is 0 Å². The van der Waals surface area contributed by atoms with Crippen LogP contribution in [0.25, 0.3) is 0 Å². The van der Waals surface area contributed by atoms with Crippen LogP contribution in [0.1, 0.15) is 0 Å². The fraction of sp³-hybridized carbons (Fsp3) is 1.00. The summed E-state index contributed by atoms with van der Waals surface area (Å²) in [5, 5.41) is 34.2. The van der Waals surface area contributed by atoms with Gasteiger partial charge in [0.1, 0.15) is 7.26 Å². The van der Waals surface area contributed by atoms with Crippen LogP contribution in [0.3, 0.4) is 0 Å². The summed E-state index contributed by atoms with van der Waals surface area (Å²) in [4.78, 5) is 0. The van der Waals surface area contributed by atoms with Crippen molar-refractivity contribution >= 4 is 17.7 Å². The summed E-state index contributed by atoms with van der Waals surface area (Å²) in [5.41, 5.74) is 0. The molecule has 0 aromatic heterocycles. The highest BCUT2D eigenvalue weighted by atomic mass is 32.3. The van der Waals surface area contributed by atoms with Crippen LogP contribution in [-0.4, -0.2) is 63.3 Å². The molecule has 14 heavy (non-hydrogen) atoms. The normalized spacial score (nSPS) is 11.9. The van der Waals surface area contributed by atoms with Crippen molar-refractivity contribution in [2.24, 2.45) is 0 Å². The number of rotatable bonds is 4. The second-order valence-electron chi connectivity index (χ2n) is 2.34. The first-order valence-electron chi connectivity index (χ1n) is 3.21. The SMILES string of the molecule is O=S(=O)([O-])O.OC[P+](CO)(CO)CO. The lowest BCUT2D eigenvalue weighted by Gasteiger charge is -2.15. The topological polar surface area (TPSA) is 158 Å². The van der Waals surface area contributed by atoms with Crippen LogP contribution in [0, 0.1) is 0 Å². The molecule has 0 bridgehead atoms. The van der Waals surface area contributed by atoms with E-state index in [1.54, 1.807) is 0 Å². The molecule has 0 saturated carbocycles. The summed E-state index contributed by atoms with van der Waals surface area (Å²) in [6, 6.07) is 0. The van der Waals surface area contributed by atoms with Gasteiger partial charge in [-0.1, -0.05) is 0 Å². The van der Waals surface area contributed by atoms with Gasteiger partial charge < -0.3 is 25.0 Å². The van der Waals surface area contributed by atoms with Gasteiger partial charge in [-0.2, -0.15) is 0 Å². The molecule has 8 nitrogen and oxygen atoms in total. The summed E-state index contributed by atoms with van der Waals surface area (Å²) in [6.07, 6.45) is -1.18. The van der Waals surface area contributed by atoms with Crippen LogP contribution >= 0.6 is 7.26 Å². The zero-order valence-electron chi connectivity index (χ0n) is 7.14. The molecule has 0 saturated heterocycles. The molecule has 0 amide bonds. The Balaban J connectivity index is 0. The first-order chi connectivity index (χ1) is 6.24. The third-order valence-electron chi connectivity index (χ3n) is 1.20. The first kappa shape index (κ1) is 16.6. The molecule has 0 aromatic carbocycles. The lowest BCUT2D eigenvalue weighted by Crippen LogP contribution is -2.10. The Morgan fingerprint density at radius 1 is 0.929 bits per heavy atom. The maximum atomic E-state index is 8.63. The fourth-order valence-electron chi connectivity index (χ4n) is 0.268. The van der Waals surface area contributed by atoms with E-state index in [0.717, 1.165) is 0 Å². The van der Waals surface area contributed by atoms with Gasteiger partial charge in [0.2, 0.25) is 10.4 Å². The van der Waals surface area contributed by atoms with Gasteiger partial charge in [0, 0.05) is 0 Å². The van der Waals surface area contributed by atoms with Crippen molar-refractivity contribution < 1.29 is 37.9 Å². The summed E-state index contributed by atoms with van der Waals surface area (Å²) < 4.78 is 32.8. The highest BCUT2D eigenvalue weighted by Gasteiger charge is 2.34. The third-order valence-corrected chi connectivity index (χ3v) is 3.60. The van der Waals surface area contributed by atoms with Crippen LogP contribution in [0.2, 0.25) is 0 Å². The molecule has 0 rings (SSSR count). The van der Waals surface area contributed by atoms with Gasteiger partial charge in [-0.3, -0.25) is 4.55 Å². The standard InChI is InChI=1S/C4H12O4P.H2O4S/c5-1-9(2-6,3-7)4-8;1-5(2,3)4/h5-8H,1-4H2;(H2,1,2,3,4)/q+1;/p-1. The van der Waals surface area contributed by atoms with Gasteiger partial charge >= 0.3 is 0 Å². The van der Waals surface area contributed by atoms with Crippen molar-refractivity contribution in [3.05, 3.63) is 0 Å². The van der Waals surface area contributed by atoms with Crippen LogP contribution in [0.5, 0.6) is 0 Å². The molecule has 88 valence electrons. The van der Waals surface area contributed by atoms with Crippen molar-refractivity contribution in [3.8, 4) is 0 Å². The number of hydrogen-bond acceptors (Lipinski definition) is 7. The fourth-order valence-corrected chi connectivity index (χ4v) is 0.805. The lowest BCUT2D eigenvalue weighted by molar-refractivity contribution is 0.288. The molecule has 0 aliphatic heterocycles. The van der Waals surface area contributed by atoms with Crippen molar-refractivity contribution in [1.82, 2.24) is 0 Å². The van der Waals surface area contributed by atoms with Gasteiger partial charge in [-0.05, 0) is 0 Å². The monoisotopic (exact) mass is 252 g/mol. The van der Waals surface area contributed by atoms with E-state index in [-0.39, 0.29) is 25.4 Å². The molecular formula is C4H13O8PS. The maximum Gasteiger partial charge on any atom is 0.215 e. The molecule has 10 heteroatoms. The van der Waals surface area contributed by atoms with E-state index in [1.165, 1.54) is 0 Å². The molecule has 0 spiro atoms. The van der Waals surface area contributed by atoms with E-state index in [1.807, 2.05) is 0 Å². The van der Waals surface area contributed by atoms with E-state index in [9.17, 15) is 0 Å². The van der Waals surface area contributed by atoms with E-state index in [0.29, 0.717) is 0 Å². The smallest absolute Gasteiger partial charge is 0.215 e. The molecule has 0 atom stereocenters. The van der Waals surface area contributed by atoms with E-state index in [4.69, 9.17) is 37.9 Å². The molecule has 0 radical (unpaired) electrons. The first-order valence-corrected chi connectivity index (χ1v) is 7.11. The maximum absolute atomic E-state index is 8.63. The summed E-state index contributed by atoms with van der Waals surface area (Å²) in [6.45, 7) is 0. The van der Waals surface area contributed by atoms with Gasteiger partial charge in [0.15, 0.2) is 25.4 Å². The van der Waals surface area contributed by atoms with Crippen molar-refractivity contribution in [2.45, 2.75) is 0 Å². The average molecular weight is 252 g/mol. The number of aliphatic hydroxyl groups is 4. The lowest BCUT2D eigenvalue weighted by atomic mass is 11.6. The van der Waals surface area contributed by atoms with E-state index in [2.05, 4.69) is 0 Å². The largest absolute Gasteiger partial charge is 0.726 e. The minimum absolute atomic E-state index is 0.295. The molecule has 0 fully saturated rings. The Kier molecular flexibility index (Phi) is 8.80. The van der Waals surface area contributed by atoms with Crippen molar-refractivity contribution in [3.63, 3.8) is 0 Å². The highest BCUT2D eigenvalue weighted by Crippen LogP contribution is 2.54. The van der Waals surface area contributed by atoms with Crippen LogP contribution in [-0.2, 0) is 10.4 Å². The Hall–Kier alpha value is 0.140. The Morgan fingerprint density at radius 3 is 1.07 bits per heavy atom. The Labute approximate surface area is 81.7 Å². The quantitative estimate of drug-likeness (QED) is 0.214. The molecule has 5 N–H and O–H groups in total. The zero-order valence-corrected chi connectivity index (χ0v) is 8.86. The Bertz CT molecular complexity index is 196. The second kappa shape index (κ2) is 7.43. The minimum Gasteiger partial charge on any atom is -0.726 e. The van der Waals surface area contributed by atoms with Crippen LogP contribution in [0.4, 0.5) is 0 Å². The molecule has 0 aliphatic carbocycles. The van der Waals surface area contributed by atoms with E-state index >= 15 is 0 Å². The zero-order chi connectivity index (χ0) is 11.8. The molecule has 0 heterocycles. The average Bonchev–Trinajstić information content (AvgIpc) is 2.07. The number of aliphatic hydroxyl groups excluding tert-OH is 4. The highest BCUT2D eigenvalue weighted by molar-refractivity contribution is 7.79. The summed E-state index contributed by atoms with van der Waals surface area (Å²) >= 11 is 0. The summed E-state index contributed by atoms with van der Waals surface area (Å²) in [7, 11) is -7.11. The summed E-state index contributed by atoms with van der Waals surface area (Å²) in [5.74, 6) is 0.